The standard InChI is InChI=1S/C26H29F3N4O2/c1-32(2)14-15-35-21-7-5-6-19(16-21)25(34)33-13-4-3-8-23(33)24-22(17-30-31-24)18-9-11-20(12-10-18)26(27,28)29/h5-7,9-12,16-17,23H,3-4,8,13-15H2,1-2H3,(H,30,31)/t23-/m1/s1. The Bertz CT molecular complexity index is 1140. The van der Waals surface area contributed by atoms with Crippen LogP contribution in [0.2, 0.25) is 0 Å². The maximum atomic E-state index is 13.5. The Morgan fingerprint density at radius 2 is 1.94 bits per heavy atom. The third-order valence-corrected chi connectivity index (χ3v) is 6.18. The van der Waals surface area contributed by atoms with Crippen molar-refractivity contribution in [2.24, 2.45) is 0 Å². The normalized spacial score (nSPS) is 16.5. The van der Waals surface area contributed by atoms with Crippen LogP contribution < -0.4 is 4.74 Å². The number of nitrogens with zero attached hydrogens (tertiary/aromatic N) is 3. The fraction of sp³-hybridized carbons (Fsp3) is 0.385. The summed E-state index contributed by atoms with van der Waals surface area (Å²) >= 11 is 0. The maximum absolute atomic E-state index is 13.5. The second-order valence-electron chi connectivity index (χ2n) is 8.96. The molecule has 1 aliphatic rings. The van der Waals surface area contributed by atoms with Gasteiger partial charge in [0.25, 0.3) is 5.91 Å². The van der Waals surface area contributed by atoms with Crippen molar-refractivity contribution in [1.82, 2.24) is 20.0 Å². The van der Waals surface area contributed by atoms with E-state index in [1.165, 1.54) is 12.1 Å². The Balaban J connectivity index is 1.57. The Labute approximate surface area is 202 Å². The number of hydrogen-bond donors (Lipinski definition) is 1. The van der Waals surface area contributed by atoms with Crippen LogP contribution in [0.4, 0.5) is 13.2 Å². The van der Waals surface area contributed by atoms with Gasteiger partial charge in [0.2, 0.25) is 0 Å². The first-order valence-electron chi connectivity index (χ1n) is 11.6. The molecule has 2 aromatic carbocycles. The monoisotopic (exact) mass is 486 g/mol. The van der Waals surface area contributed by atoms with Crippen molar-refractivity contribution in [3.05, 3.63) is 71.5 Å². The molecule has 2 heterocycles. The van der Waals surface area contributed by atoms with Crippen LogP contribution in [0.1, 0.15) is 46.9 Å². The van der Waals surface area contributed by atoms with Crippen molar-refractivity contribution in [2.75, 3.05) is 33.8 Å². The number of aromatic amines is 1. The Kier molecular flexibility index (Phi) is 7.45. The molecule has 0 unspecified atom stereocenters. The summed E-state index contributed by atoms with van der Waals surface area (Å²) < 4.78 is 44.8. The van der Waals surface area contributed by atoms with Gasteiger partial charge in [-0.3, -0.25) is 9.89 Å². The Hall–Kier alpha value is -3.33. The van der Waals surface area contributed by atoms with Gasteiger partial charge in [-0.1, -0.05) is 18.2 Å². The van der Waals surface area contributed by atoms with Gasteiger partial charge in [-0.25, -0.2) is 0 Å². The molecule has 1 aliphatic heterocycles. The molecule has 4 rings (SSSR count). The largest absolute Gasteiger partial charge is 0.492 e. The van der Waals surface area contributed by atoms with E-state index in [4.69, 9.17) is 4.74 Å². The summed E-state index contributed by atoms with van der Waals surface area (Å²) in [4.78, 5) is 17.4. The number of likely N-dealkylation sites (N-methyl/N-ethyl adjacent to an activating group) is 1. The van der Waals surface area contributed by atoms with Crippen molar-refractivity contribution in [3.8, 4) is 16.9 Å². The smallest absolute Gasteiger partial charge is 0.416 e. The lowest BCUT2D eigenvalue weighted by molar-refractivity contribution is -0.137. The lowest BCUT2D eigenvalue weighted by Crippen LogP contribution is -2.38. The maximum Gasteiger partial charge on any atom is 0.416 e. The predicted octanol–water partition coefficient (Wildman–Crippen LogP) is 5.40. The molecular weight excluding hydrogens is 457 g/mol. The van der Waals surface area contributed by atoms with Crippen LogP contribution in [0.15, 0.2) is 54.7 Å². The van der Waals surface area contributed by atoms with E-state index in [0.29, 0.717) is 35.6 Å². The number of amides is 1. The molecule has 0 saturated carbocycles. The molecular formula is C26H29F3N4O2. The second-order valence-corrected chi connectivity index (χ2v) is 8.96. The van der Waals surface area contributed by atoms with E-state index in [-0.39, 0.29) is 11.9 Å². The summed E-state index contributed by atoms with van der Waals surface area (Å²) in [5.41, 5.74) is 1.89. The lowest BCUT2D eigenvalue weighted by Gasteiger charge is -2.36. The molecule has 0 spiro atoms. The van der Waals surface area contributed by atoms with Crippen molar-refractivity contribution >= 4 is 5.91 Å². The van der Waals surface area contributed by atoms with Crippen LogP contribution in [-0.2, 0) is 6.18 Å². The van der Waals surface area contributed by atoms with Crippen LogP contribution >= 0.6 is 0 Å². The van der Waals surface area contributed by atoms with Crippen LogP contribution in [0.3, 0.4) is 0 Å². The van der Waals surface area contributed by atoms with Gasteiger partial charge in [0.1, 0.15) is 12.4 Å². The fourth-order valence-corrected chi connectivity index (χ4v) is 4.32. The van der Waals surface area contributed by atoms with Crippen molar-refractivity contribution in [2.45, 2.75) is 31.5 Å². The number of likely N-dealkylation sites (tertiary alicyclic amines) is 1. The molecule has 1 fully saturated rings. The number of carbonyl (C=O) groups excluding carboxylic acids is 1. The van der Waals surface area contributed by atoms with E-state index in [9.17, 15) is 18.0 Å². The Morgan fingerprint density at radius 3 is 2.66 bits per heavy atom. The average molecular weight is 487 g/mol. The van der Waals surface area contributed by atoms with Gasteiger partial charge in [0.15, 0.2) is 0 Å². The fourth-order valence-electron chi connectivity index (χ4n) is 4.32. The van der Waals surface area contributed by atoms with E-state index < -0.39 is 11.7 Å². The number of H-pyrrole nitrogens is 1. The highest BCUT2D eigenvalue weighted by Crippen LogP contribution is 2.38. The van der Waals surface area contributed by atoms with E-state index >= 15 is 0 Å². The number of piperidine rings is 1. The van der Waals surface area contributed by atoms with Gasteiger partial charge >= 0.3 is 6.18 Å². The number of rotatable bonds is 7. The molecule has 0 aliphatic carbocycles. The molecule has 186 valence electrons. The van der Waals surface area contributed by atoms with E-state index in [1.807, 2.05) is 30.0 Å². The zero-order valence-electron chi connectivity index (χ0n) is 19.8. The second kappa shape index (κ2) is 10.5. The quantitative estimate of drug-likeness (QED) is 0.486. The predicted molar refractivity (Wildman–Crippen MR) is 127 cm³/mol. The summed E-state index contributed by atoms with van der Waals surface area (Å²) in [7, 11) is 3.93. The summed E-state index contributed by atoms with van der Waals surface area (Å²) in [5.74, 6) is 0.527. The lowest BCUT2D eigenvalue weighted by atomic mass is 9.93. The van der Waals surface area contributed by atoms with Crippen LogP contribution in [-0.4, -0.2) is 59.7 Å². The number of carbonyl (C=O) groups is 1. The van der Waals surface area contributed by atoms with Crippen molar-refractivity contribution in [3.63, 3.8) is 0 Å². The van der Waals surface area contributed by atoms with Crippen molar-refractivity contribution < 1.29 is 22.7 Å². The van der Waals surface area contributed by atoms with Gasteiger partial charge in [-0.05, 0) is 69.3 Å². The SMILES string of the molecule is CN(C)CCOc1cccc(C(=O)N2CCCC[C@@H]2c2[nH]ncc2-c2ccc(C(F)(F)F)cc2)c1. The summed E-state index contributed by atoms with van der Waals surface area (Å²) in [6, 6.07) is 11.9. The van der Waals surface area contributed by atoms with E-state index in [0.717, 1.165) is 43.6 Å². The number of halogens is 3. The molecule has 1 atom stereocenters. The van der Waals surface area contributed by atoms with Crippen LogP contribution in [0.25, 0.3) is 11.1 Å². The third-order valence-electron chi connectivity index (χ3n) is 6.18. The van der Waals surface area contributed by atoms with Gasteiger partial charge in [-0.2, -0.15) is 18.3 Å². The first-order chi connectivity index (χ1) is 16.7. The van der Waals surface area contributed by atoms with Crippen LogP contribution in [0, 0.1) is 0 Å². The topological polar surface area (TPSA) is 61.5 Å². The van der Waals surface area contributed by atoms with E-state index in [2.05, 4.69) is 10.2 Å². The molecule has 6 nitrogen and oxygen atoms in total. The number of ether oxygens (including phenoxy) is 1. The van der Waals surface area contributed by atoms with Gasteiger partial charge in [0.05, 0.1) is 23.5 Å². The van der Waals surface area contributed by atoms with E-state index in [1.54, 1.807) is 24.4 Å². The minimum Gasteiger partial charge on any atom is -0.492 e. The molecule has 1 saturated heterocycles. The average Bonchev–Trinajstić information content (AvgIpc) is 3.33. The first kappa shape index (κ1) is 24.8. The molecule has 9 heteroatoms. The van der Waals surface area contributed by atoms with Crippen molar-refractivity contribution in [1.29, 1.82) is 0 Å². The van der Waals surface area contributed by atoms with Gasteiger partial charge in [0, 0.05) is 24.2 Å². The molecule has 1 aromatic heterocycles. The molecule has 0 radical (unpaired) electrons. The molecule has 1 N–H and O–H groups in total. The summed E-state index contributed by atoms with van der Waals surface area (Å²) in [6.45, 7) is 1.86. The summed E-state index contributed by atoms with van der Waals surface area (Å²) in [5, 5.41) is 7.17. The number of benzene rings is 2. The first-order valence-corrected chi connectivity index (χ1v) is 11.6. The molecule has 3 aromatic rings. The van der Waals surface area contributed by atoms with Crippen LogP contribution in [0.5, 0.6) is 5.75 Å². The number of alkyl halides is 3. The number of aromatic nitrogens is 2. The minimum atomic E-state index is -4.39. The summed E-state index contributed by atoms with van der Waals surface area (Å²) in [6.07, 6.45) is -0.233. The molecule has 35 heavy (non-hydrogen) atoms. The highest BCUT2D eigenvalue weighted by atomic mass is 19.4. The van der Waals surface area contributed by atoms with Gasteiger partial charge < -0.3 is 14.5 Å². The zero-order valence-corrected chi connectivity index (χ0v) is 19.8. The Morgan fingerprint density at radius 1 is 1.17 bits per heavy atom. The molecule has 1 amide bonds. The molecule has 0 bridgehead atoms. The van der Waals surface area contributed by atoms with Gasteiger partial charge in [-0.15, -0.1) is 0 Å². The number of nitrogens with one attached hydrogen (secondary N) is 1. The minimum absolute atomic E-state index is 0.110. The highest BCUT2D eigenvalue weighted by molar-refractivity contribution is 5.95. The zero-order chi connectivity index (χ0) is 25.0. The highest BCUT2D eigenvalue weighted by Gasteiger charge is 2.33. The third kappa shape index (κ3) is 5.85. The number of hydrogen-bond acceptors (Lipinski definition) is 4.